The number of nitrogens with zero attached hydrogens (tertiary/aromatic N) is 3. The molecule has 0 saturated heterocycles. The van der Waals surface area contributed by atoms with Gasteiger partial charge in [0.25, 0.3) is 0 Å². The lowest BCUT2D eigenvalue weighted by molar-refractivity contribution is 0.571. The van der Waals surface area contributed by atoms with Crippen LogP contribution in [-0.2, 0) is 13.6 Å². The molecule has 23 heavy (non-hydrogen) atoms. The molecule has 0 atom stereocenters. The quantitative estimate of drug-likeness (QED) is 0.240. The summed E-state index contributed by atoms with van der Waals surface area (Å²) in [6.45, 7) is 4.01. The van der Waals surface area contributed by atoms with Gasteiger partial charge in [0.15, 0.2) is 5.96 Å². The van der Waals surface area contributed by atoms with Gasteiger partial charge in [-0.25, -0.2) is 0 Å². The van der Waals surface area contributed by atoms with Gasteiger partial charge < -0.3 is 10.6 Å². The number of unbranched alkanes of at least 4 members (excludes halogenated alkanes) is 7. The lowest BCUT2D eigenvalue weighted by Crippen LogP contribution is -2.37. The molecule has 0 spiro atoms. The van der Waals surface area contributed by atoms with Gasteiger partial charge in [0.2, 0.25) is 0 Å². The number of aryl methyl sites for hydroxylation is 1. The van der Waals surface area contributed by atoms with Gasteiger partial charge in [-0.3, -0.25) is 9.67 Å². The van der Waals surface area contributed by atoms with Crippen LogP contribution in [-0.4, -0.2) is 29.3 Å². The van der Waals surface area contributed by atoms with Crippen molar-refractivity contribution in [3.63, 3.8) is 0 Å². The maximum atomic E-state index is 4.24. The zero-order valence-corrected chi connectivity index (χ0v) is 17.3. The highest BCUT2D eigenvalue weighted by molar-refractivity contribution is 14.0. The monoisotopic (exact) mass is 435 g/mol. The summed E-state index contributed by atoms with van der Waals surface area (Å²) in [6.07, 6.45) is 14.7. The highest BCUT2D eigenvalue weighted by atomic mass is 127. The number of rotatable bonds is 11. The van der Waals surface area contributed by atoms with Crippen molar-refractivity contribution in [3.8, 4) is 0 Å². The molecule has 0 aliphatic rings. The van der Waals surface area contributed by atoms with Crippen LogP contribution in [0.5, 0.6) is 0 Å². The van der Waals surface area contributed by atoms with Crippen molar-refractivity contribution in [3.05, 3.63) is 18.0 Å². The fourth-order valence-electron chi connectivity index (χ4n) is 2.44. The molecule has 0 amide bonds. The Morgan fingerprint density at radius 1 is 1.09 bits per heavy atom. The second-order valence-electron chi connectivity index (χ2n) is 5.85. The minimum Gasteiger partial charge on any atom is -0.356 e. The van der Waals surface area contributed by atoms with Gasteiger partial charge in [-0.05, 0) is 6.42 Å². The molecule has 0 aromatic carbocycles. The molecule has 5 nitrogen and oxygen atoms in total. The van der Waals surface area contributed by atoms with Gasteiger partial charge in [-0.1, -0.05) is 51.9 Å². The topological polar surface area (TPSA) is 54.2 Å². The fourth-order valence-corrected chi connectivity index (χ4v) is 2.44. The maximum absolute atomic E-state index is 4.24. The molecule has 1 heterocycles. The molecule has 0 unspecified atom stereocenters. The van der Waals surface area contributed by atoms with Gasteiger partial charge in [-0.15, -0.1) is 24.0 Å². The van der Waals surface area contributed by atoms with E-state index in [-0.39, 0.29) is 24.0 Å². The van der Waals surface area contributed by atoms with E-state index in [0.29, 0.717) is 0 Å². The molecule has 0 aliphatic heterocycles. The van der Waals surface area contributed by atoms with Crippen molar-refractivity contribution in [1.82, 2.24) is 20.4 Å². The van der Waals surface area contributed by atoms with E-state index in [1.807, 2.05) is 31.2 Å². The van der Waals surface area contributed by atoms with E-state index in [4.69, 9.17) is 0 Å². The summed E-state index contributed by atoms with van der Waals surface area (Å²) in [5.41, 5.74) is 1.16. The van der Waals surface area contributed by atoms with Crippen molar-refractivity contribution in [2.24, 2.45) is 12.0 Å². The second kappa shape index (κ2) is 14.8. The molecule has 0 radical (unpaired) electrons. The minimum atomic E-state index is 0. The largest absolute Gasteiger partial charge is 0.356 e. The van der Waals surface area contributed by atoms with Crippen molar-refractivity contribution in [2.45, 2.75) is 64.8 Å². The van der Waals surface area contributed by atoms with Gasteiger partial charge in [-0.2, -0.15) is 5.10 Å². The van der Waals surface area contributed by atoms with Crippen LogP contribution in [0.4, 0.5) is 0 Å². The standard InChI is InChI=1S/C17H33N5.HI/c1-4-5-6-7-8-9-10-11-12-19-17(18-2)20-13-16-14-21-22(3)15-16;/h14-15H,4-13H2,1-3H3,(H2,18,19,20);1H. The van der Waals surface area contributed by atoms with Crippen LogP contribution >= 0.6 is 24.0 Å². The lowest BCUT2D eigenvalue weighted by atomic mass is 10.1. The Bertz CT molecular complexity index is 417. The summed E-state index contributed by atoms with van der Waals surface area (Å²) in [7, 11) is 3.74. The lowest BCUT2D eigenvalue weighted by Gasteiger charge is -2.11. The third kappa shape index (κ3) is 11.4. The van der Waals surface area contributed by atoms with Crippen LogP contribution in [0, 0.1) is 0 Å². The first kappa shape index (κ1) is 22.2. The predicted molar refractivity (Wildman–Crippen MR) is 109 cm³/mol. The van der Waals surface area contributed by atoms with Gasteiger partial charge in [0, 0.05) is 38.9 Å². The third-order valence-electron chi connectivity index (χ3n) is 3.76. The third-order valence-corrected chi connectivity index (χ3v) is 3.76. The summed E-state index contributed by atoms with van der Waals surface area (Å²) < 4.78 is 1.81. The first-order valence-electron chi connectivity index (χ1n) is 8.68. The number of hydrogen-bond acceptors (Lipinski definition) is 2. The van der Waals surface area contributed by atoms with E-state index >= 15 is 0 Å². The summed E-state index contributed by atoms with van der Waals surface area (Å²) in [5.74, 6) is 0.867. The summed E-state index contributed by atoms with van der Waals surface area (Å²) >= 11 is 0. The van der Waals surface area contributed by atoms with E-state index in [2.05, 4.69) is 27.6 Å². The van der Waals surface area contributed by atoms with Gasteiger partial charge in [0.1, 0.15) is 0 Å². The summed E-state index contributed by atoms with van der Waals surface area (Å²) in [6, 6.07) is 0. The molecule has 2 N–H and O–H groups in total. The summed E-state index contributed by atoms with van der Waals surface area (Å²) in [4.78, 5) is 4.24. The van der Waals surface area contributed by atoms with Crippen LogP contribution in [0.3, 0.4) is 0 Å². The van der Waals surface area contributed by atoms with Crippen LogP contribution in [0.25, 0.3) is 0 Å². The Balaban J connectivity index is 0.00000484. The van der Waals surface area contributed by atoms with Gasteiger partial charge in [0.05, 0.1) is 6.20 Å². The molecule has 0 saturated carbocycles. The average molecular weight is 435 g/mol. The number of halogens is 1. The Kier molecular flexibility index (Phi) is 14.3. The molecule has 6 heteroatoms. The van der Waals surface area contributed by atoms with Crippen molar-refractivity contribution < 1.29 is 0 Å². The highest BCUT2D eigenvalue weighted by Gasteiger charge is 1.99. The molecule has 0 aliphatic carbocycles. The number of guanidine groups is 1. The van der Waals surface area contributed by atoms with E-state index in [1.165, 1.54) is 51.4 Å². The highest BCUT2D eigenvalue weighted by Crippen LogP contribution is 2.07. The smallest absolute Gasteiger partial charge is 0.191 e. The van der Waals surface area contributed by atoms with E-state index in [0.717, 1.165) is 24.6 Å². The van der Waals surface area contributed by atoms with Crippen LogP contribution < -0.4 is 10.6 Å². The van der Waals surface area contributed by atoms with E-state index in [1.54, 1.807) is 0 Å². The fraction of sp³-hybridized carbons (Fsp3) is 0.765. The Morgan fingerprint density at radius 2 is 1.74 bits per heavy atom. The van der Waals surface area contributed by atoms with Crippen LogP contribution in [0.1, 0.15) is 63.9 Å². The number of nitrogens with one attached hydrogen (secondary N) is 2. The minimum absolute atomic E-state index is 0. The Morgan fingerprint density at radius 3 is 2.30 bits per heavy atom. The average Bonchev–Trinajstić information content (AvgIpc) is 2.94. The molecular formula is C17H34IN5. The van der Waals surface area contributed by atoms with E-state index < -0.39 is 0 Å². The Hall–Kier alpha value is -0.790. The van der Waals surface area contributed by atoms with Crippen LogP contribution in [0.15, 0.2) is 17.4 Å². The number of aliphatic imine (C=N–C) groups is 1. The van der Waals surface area contributed by atoms with Crippen LogP contribution in [0.2, 0.25) is 0 Å². The molecule has 1 rings (SSSR count). The first-order valence-corrected chi connectivity index (χ1v) is 8.68. The maximum Gasteiger partial charge on any atom is 0.191 e. The van der Waals surface area contributed by atoms with E-state index in [9.17, 15) is 0 Å². The van der Waals surface area contributed by atoms with Crippen molar-refractivity contribution in [2.75, 3.05) is 13.6 Å². The normalized spacial score (nSPS) is 11.2. The second-order valence-corrected chi connectivity index (χ2v) is 5.85. The molecule has 1 aromatic rings. The zero-order valence-electron chi connectivity index (χ0n) is 15.0. The molecule has 134 valence electrons. The first-order chi connectivity index (χ1) is 10.8. The van der Waals surface area contributed by atoms with Gasteiger partial charge >= 0.3 is 0 Å². The molecule has 0 bridgehead atoms. The summed E-state index contributed by atoms with van der Waals surface area (Å²) in [5, 5.41) is 10.8. The number of aromatic nitrogens is 2. The molecular weight excluding hydrogens is 401 g/mol. The molecule has 1 aromatic heterocycles. The molecule has 0 fully saturated rings. The SMILES string of the molecule is CCCCCCCCCCNC(=NC)NCc1cnn(C)c1.I. The predicted octanol–water partition coefficient (Wildman–Crippen LogP) is 3.84. The number of hydrogen-bond donors (Lipinski definition) is 2. The Labute approximate surface area is 158 Å². The van der Waals surface area contributed by atoms with Crippen molar-refractivity contribution in [1.29, 1.82) is 0 Å². The zero-order chi connectivity index (χ0) is 16.0. The van der Waals surface area contributed by atoms with Crippen molar-refractivity contribution >= 4 is 29.9 Å².